The first-order valence-electron chi connectivity index (χ1n) is 6.61. The van der Waals surface area contributed by atoms with E-state index >= 15 is 0 Å². The van der Waals surface area contributed by atoms with Crippen molar-refractivity contribution < 1.29 is 23.8 Å². The second-order valence-electron chi connectivity index (χ2n) is 4.39. The molecule has 0 aliphatic rings. The van der Waals surface area contributed by atoms with E-state index in [0.717, 1.165) is 0 Å². The number of amides is 2. The van der Waals surface area contributed by atoms with Crippen molar-refractivity contribution >= 4 is 18.0 Å². The lowest BCUT2D eigenvalue weighted by atomic mass is 10.2. The number of hydrazone groups is 1. The number of rotatable bonds is 5. The van der Waals surface area contributed by atoms with Crippen molar-refractivity contribution in [3.63, 3.8) is 0 Å². The summed E-state index contributed by atoms with van der Waals surface area (Å²) in [6, 6.07) is 7.88. The third kappa shape index (κ3) is 4.60. The molecule has 0 fully saturated rings. The van der Waals surface area contributed by atoms with E-state index in [0.29, 0.717) is 17.1 Å². The maximum Gasteiger partial charge on any atom is 0.329 e. The number of benzene rings is 1. The molecule has 0 saturated heterocycles. The lowest BCUT2D eigenvalue weighted by Gasteiger charge is -2.03. The highest BCUT2D eigenvalue weighted by atomic mass is 16.5. The number of carbonyl (C=O) groups is 2. The Bertz CT molecular complexity index is 710. The van der Waals surface area contributed by atoms with Crippen LogP contribution in [0.1, 0.15) is 11.3 Å². The fraction of sp³-hybridized carbons (Fsp3) is 0.133. The molecule has 0 saturated carbocycles. The normalized spacial score (nSPS) is 10.5. The van der Waals surface area contributed by atoms with Crippen LogP contribution in [0.3, 0.4) is 0 Å². The van der Waals surface area contributed by atoms with Crippen molar-refractivity contribution in [3.8, 4) is 11.5 Å². The smallest absolute Gasteiger partial charge is 0.329 e. The number of carbonyl (C=O) groups excluding carboxylic acids is 2. The number of phenolic OH excluding ortho intramolecular Hbond substituents is 1. The zero-order chi connectivity index (χ0) is 16.7. The van der Waals surface area contributed by atoms with E-state index in [2.05, 4.69) is 15.8 Å². The molecular formula is C15H15N3O5. The number of hydrogen-bond donors (Lipinski definition) is 3. The van der Waals surface area contributed by atoms with Crippen LogP contribution in [-0.4, -0.2) is 30.2 Å². The minimum absolute atomic E-state index is 0.0360. The number of methoxy groups -OCH3 is 1. The summed E-state index contributed by atoms with van der Waals surface area (Å²) in [5, 5.41) is 15.6. The Morgan fingerprint density at radius 2 is 2.17 bits per heavy atom. The molecule has 0 aliphatic heterocycles. The fourth-order valence-corrected chi connectivity index (χ4v) is 1.64. The molecule has 1 aromatic heterocycles. The summed E-state index contributed by atoms with van der Waals surface area (Å²) in [5.41, 5.74) is 2.40. The molecule has 0 bridgehead atoms. The first-order valence-corrected chi connectivity index (χ1v) is 6.61. The summed E-state index contributed by atoms with van der Waals surface area (Å²) in [6.07, 6.45) is 2.67. The molecule has 8 heteroatoms. The van der Waals surface area contributed by atoms with Gasteiger partial charge in [-0.1, -0.05) is 0 Å². The molecule has 23 heavy (non-hydrogen) atoms. The third-order valence-electron chi connectivity index (χ3n) is 2.81. The standard InChI is InChI=1S/C15H15N3O5/c1-22-11-4-5-13(19)10(7-11)8-17-18-15(21)14(20)16-9-12-3-2-6-23-12/h2-8,19H,9H2,1H3,(H,16,20)(H,18,21)/b17-8+. The van der Waals surface area contributed by atoms with E-state index in [1.54, 1.807) is 18.2 Å². The molecular weight excluding hydrogens is 302 g/mol. The van der Waals surface area contributed by atoms with Gasteiger partial charge in [-0.25, -0.2) is 5.43 Å². The lowest BCUT2D eigenvalue weighted by Crippen LogP contribution is -2.37. The Kier molecular flexibility index (Phi) is 5.35. The zero-order valence-corrected chi connectivity index (χ0v) is 12.3. The molecule has 0 spiro atoms. The van der Waals surface area contributed by atoms with E-state index in [1.165, 1.54) is 31.7 Å². The summed E-state index contributed by atoms with van der Waals surface area (Å²) in [6.45, 7) is 0.0969. The van der Waals surface area contributed by atoms with Gasteiger partial charge in [-0.2, -0.15) is 5.10 Å². The third-order valence-corrected chi connectivity index (χ3v) is 2.81. The topological polar surface area (TPSA) is 113 Å². The number of furan rings is 1. The van der Waals surface area contributed by atoms with Gasteiger partial charge in [-0.15, -0.1) is 0 Å². The van der Waals surface area contributed by atoms with Gasteiger partial charge in [0, 0.05) is 5.56 Å². The number of ether oxygens (including phenoxy) is 1. The van der Waals surface area contributed by atoms with Gasteiger partial charge in [0.15, 0.2) is 0 Å². The Balaban J connectivity index is 1.86. The molecule has 1 heterocycles. The number of nitrogens with one attached hydrogen (secondary N) is 2. The van der Waals surface area contributed by atoms with E-state index in [9.17, 15) is 14.7 Å². The molecule has 1 aromatic carbocycles. The van der Waals surface area contributed by atoms with Crippen LogP contribution in [0.5, 0.6) is 11.5 Å². The average molecular weight is 317 g/mol. The van der Waals surface area contributed by atoms with E-state index < -0.39 is 11.8 Å². The quantitative estimate of drug-likeness (QED) is 0.428. The van der Waals surface area contributed by atoms with Gasteiger partial charge in [0.2, 0.25) is 0 Å². The van der Waals surface area contributed by atoms with Crippen molar-refractivity contribution in [3.05, 3.63) is 47.9 Å². The SMILES string of the molecule is COc1ccc(O)c(/C=N/NC(=O)C(=O)NCc2ccco2)c1. The van der Waals surface area contributed by atoms with Gasteiger partial charge in [0.1, 0.15) is 17.3 Å². The monoisotopic (exact) mass is 317 g/mol. The second-order valence-corrected chi connectivity index (χ2v) is 4.39. The largest absolute Gasteiger partial charge is 0.507 e. The minimum Gasteiger partial charge on any atom is -0.507 e. The summed E-state index contributed by atoms with van der Waals surface area (Å²) < 4.78 is 10.0. The van der Waals surface area contributed by atoms with Gasteiger partial charge >= 0.3 is 11.8 Å². The predicted molar refractivity (Wildman–Crippen MR) is 81.0 cm³/mol. The van der Waals surface area contributed by atoms with Crippen molar-refractivity contribution in [2.45, 2.75) is 6.54 Å². The Hall–Kier alpha value is -3.29. The van der Waals surface area contributed by atoms with Crippen molar-refractivity contribution in [2.75, 3.05) is 7.11 Å². The summed E-state index contributed by atoms with van der Waals surface area (Å²) in [4.78, 5) is 23.1. The van der Waals surface area contributed by atoms with Crippen molar-refractivity contribution in [1.82, 2.24) is 10.7 Å². The molecule has 0 atom stereocenters. The maximum atomic E-state index is 11.5. The predicted octanol–water partition coefficient (Wildman–Crippen LogP) is 0.760. The number of aromatic hydroxyl groups is 1. The highest BCUT2D eigenvalue weighted by molar-refractivity contribution is 6.35. The fourth-order valence-electron chi connectivity index (χ4n) is 1.64. The molecule has 0 radical (unpaired) electrons. The van der Waals surface area contributed by atoms with Gasteiger partial charge in [-0.05, 0) is 30.3 Å². The molecule has 8 nitrogen and oxygen atoms in total. The highest BCUT2D eigenvalue weighted by Crippen LogP contribution is 2.20. The van der Waals surface area contributed by atoms with Gasteiger partial charge < -0.3 is 19.6 Å². The zero-order valence-electron chi connectivity index (χ0n) is 12.3. The summed E-state index contributed by atoms with van der Waals surface area (Å²) in [5.74, 6) is -0.780. The molecule has 2 amide bonds. The second kappa shape index (κ2) is 7.64. The van der Waals surface area contributed by atoms with Crippen LogP contribution < -0.4 is 15.5 Å². The van der Waals surface area contributed by atoms with Crippen molar-refractivity contribution in [2.24, 2.45) is 5.10 Å². The Labute approximate surface area is 131 Å². The number of hydrogen-bond acceptors (Lipinski definition) is 6. The van der Waals surface area contributed by atoms with Crippen LogP contribution in [0.4, 0.5) is 0 Å². The Morgan fingerprint density at radius 3 is 2.87 bits per heavy atom. The van der Waals surface area contributed by atoms with Gasteiger partial charge in [-0.3, -0.25) is 9.59 Å². The van der Waals surface area contributed by atoms with Crippen LogP contribution in [0.15, 0.2) is 46.1 Å². The first kappa shape index (κ1) is 16.1. The molecule has 120 valence electrons. The van der Waals surface area contributed by atoms with Crippen LogP contribution >= 0.6 is 0 Å². The Morgan fingerprint density at radius 1 is 1.35 bits per heavy atom. The van der Waals surface area contributed by atoms with Gasteiger partial charge in [0.05, 0.1) is 26.1 Å². The molecule has 2 rings (SSSR count). The molecule has 0 aliphatic carbocycles. The van der Waals surface area contributed by atoms with Crippen LogP contribution in [0.2, 0.25) is 0 Å². The van der Waals surface area contributed by atoms with E-state index in [4.69, 9.17) is 9.15 Å². The molecule has 2 aromatic rings. The maximum absolute atomic E-state index is 11.5. The van der Waals surface area contributed by atoms with Gasteiger partial charge in [0.25, 0.3) is 0 Å². The van der Waals surface area contributed by atoms with Crippen LogP contribution in [-0.2, 0) is 16.1 Å². The number of nitrogens with zero attached hydrogens (tertiary/aromatic N) is 1. The summed E-state index contributed by atoms with van der Waals surface area (Å²) >= 11 is 0. The molecule has 0 unspecified atom stereocenters. The summed E-state index contributed by atoms with van der Waals surface area (Å²) in [7, 11) is 1.48. The minimum atomic E-state index is -0.935. The van der Waals surface area contributed by atoms with Crippen LogP contribution in [0, 0.1) is 0 Å². The van der Waals surface area contributed by atoms with Crippen molar-refractivity contribution in [1.29, 1.82) is 0 Å². The molecule has 3 N–H and O–H groups in total. The lowest BCUT2D eigenvalue weighted by molar-refractivity contribution is -0.139. The van der Waals surface area contributed by atoms with Crippen LogP contribution in [0.25, 0.3) is 0 Å². The first-order chi connectivity index (χ1) is 11.1. The number of phenols is 1. The van der Waals surface area contributed by atoms with E-state index in [1.807, 2.05) is 0 Å². The highest BCUT2D eigenvalue weighted by Gasteiger charge is 2.12. The average Bonchev–Trinajstić information content (AvgIpc) is 3.07. The van der Waals surface area contributed by atoms with E-state index in [-0.39, 0.29) is 12.3 Å².